The zero-order valence-electron chi connectivity index (χ0n) is 6.39. The highest BCUT2D eigenvalue weighted by Crippen LogP contribution is 2.48. The van der Waals surface area contributed by atoms with Crippen molar-refractivity contribution in [3.8, 4) is 0 Å². The van der Waals surface area contributed by atoms with Gasteiger partial charge in [-0.05, 0) is 6.42 Å². The van der Waals surface area contributed by atoms with Gasteiger partial charge in [0.2, 0.25) is 0 Å². The Bertz CT molecular complexity index is 184. The first kappa shape index (κ1) is 6.35. The Morgan fingerprint density at radius 1 is 1.60 bits per heavy atom. The predicted octanol–water partition coefficient (Wildman–Crippen LogP) is 1.00. The first-order valence-corrected chi connectivity index (χ1v) is 3.80. The zero-order chi connectivity index (χ0) is 7.35. The molecule has 2 rings (SSSR count). The van der Waals surface area contributed by atoms with Gasteiger partial charge in [-0.1, -0.05) is 13.8 Å². The highest BCUT2D eigenvalue weighted by molar-refractivity contribution is 5.94. The number of carbonyl (C=O) groups excluding carboxylic acids is 1. The highest BCUT2D eigenvalue weighted by Gasteiger charge is 2.58. The molecule has 0 aromatic heterocycles. The van der Waals surface area contributed by atoms with Gasteiger partial charge in [0.05, 0.1) is 11.5 Å². The van der Waals surface area contributed by atoms with Crippen molar-refractivity contribution in [1.82, 2.24) is 0 Å². The minimum atomic E-state index is -0.179. The summed E-state index contributed by atoms with van der Waals surface area (Å²) in [4.78, 5) is 11.3. The van der Waals surface area contributed by atoms with E-state index in [4.69, 9.17) is 4.74 Å². The van der Waals surface area contributed by atoms with Crippen molar-refractivity contribution in [2.24, 2.45) is 11.3 Å². The van der Waals surface area contributed by atoms with E-state index in [0.717, 1.165) is 13.0 Å². The molecule has 2 unspecified atom stereocenters. The van der Waals surface area contributed by atoms with E-state index in [1.807, 2.05) is 13.8 Å². The Morgan fingerprint density at radius 3 is 2.90 bits per heavy atom. The van der Waals surface area contributed by atoms with Gasteiger partial charge in [0.1, 0.15) is 5.78 Å². The number of rotatable bonds is 0. The Labute approximate surface area is 60.6 Å². The van der Waals surface area contributed by atoms with E-state index in [-0.39, 0.29) is 17.4 Å². The summed E-state index contributed by atoms with van der Waals surface area (Å²) in [5.41, 5.74) is -0.179. The van der Waals surface area contributed by atoms with Gasteiger partial charge in [0.25, 0.3) is 0 Å². The van der Waals surface area contributed by atoms with Crippen LogP contribution in [0.15, 0.2) is 0 Å². The minimum Gasteiger partial charge on any atom is -0.376 e. The van der Waals surface area contributed by atoms with E-state index in [2.05, 4.69) is 0 Å². The second kappa shape index (κ2) is 1.62. The van der Waals surface area contributed by atoms with Crippen molar-refractivity contribution < 1.29 is 9.53 Å². The summed E-state index contributed by atoms with van der Waals surface area (Å²) in [5.74, 6) is 0.644. The SMILES string of the molecule is CC1(C)C(=O)C2CCOC21. The number of fused-ring (bicyclic) bond motifs is 1. The number of ether oxygens (including phenoxy) is 1. The number of Topliss-reactive ketones (excluding diaryl/α,β-unsaturated/α-hetero) is 1. The summed E-state index contributed by atoms with van der Waals surface area (Å²) >= 11 is 0. The molecule has 0 N–H and O–H groups in total. The van der Waals surface area contributed by atoms with Crippen LogP contribution in [-0.2, 0) is 9.53 Å². The molecule has 56 valence electrons. The summed E-state index contributed by atoms with van der Waals surface area (Å²) in [7, 11) is 0. The summed E-state index contributed by atoms with van der Waals surface area (Å²) in [6.07, 6.45) is 1.19. The summed E-state index contributed by atoms with van der Waals surface area (Å²) in [6, 6.07) is 0. The topological polar surface area (TPSA) is 26.3 Å². The summed E-state index contributed by atoms with van der Waals surface area (Å²) in [5, 5.41) is 0. The predicted molar refractivity (Wildman–Crippen MR) is 36.6 cm³/mol. The van der Waals surface area contributed by atoms with Crippen molar-refractivity contribution in [3.05, 3.63) is 0 Å². The zero-order valence-corrected chi connectivity index (χ0v) is 6.39. The molecular weight excluding hydrogens is 128 g/mol. The minimum absolute atomic E-state index is 0.179. The molecule has 2 fully saturated rings. The molecular formula is C8H12O2. The quantitative estimate of drug-likeness (QED) is 0.501. The molecule has 2 nitrogen and oxygen atoms in total. The maximum absolute atomic E-state index is 11.3. The van der Waals surface area contributed by atoms with Gasteiger partial charge in [0, 0.05) is 12.5 Å². The Hall–Kier alpha value is -0.370. The van der Waals surface area contributed by atoms with Gasteiger partial charge in [-0.3, -0.25) is 4.79 Å². The third-order valence-corrected chi connectivity index (χ3v) is 2.77. The van der Waals surface area contributed by atoms with Crippen LogP contribution in [0.5, 0.6) is 0 Å². The number of ketones is 1. The molecule has 2 atom stereocenters. The molecule has 10 heavy (non-hydrogen) atoms. The summed E-state index contributed by atoms with van der Waals surface area (Å²) < 4.78 is 5.42. The largest absolute Gasteiger partial charge is 0.376 e. The fourth-order valence-electron chi connectivity index (χ4n) is 2.09. The van der Waals surface area contributed by atoms with E-state index in [9.17, 15) is 4.79 Å². The van der Waals surface area contributed by atoms with Gasteiger partial charge in [-0.2, -0.15) is 0 Å². The second-order valence-electron chi connectivity index (χ2n) is 3.77. The molecule has 0 radical (unpaired) electrons. The fourth-order valence-corrected chi connectivity index (χ4v) is 2.09. The van der Waals surface area contributed by atoms with Gasteiger partial charge in [-0.25, -0.2) is 0 Å². The van der Waals surface area contributed by atoms with Crippen LogP contribution >= 0.6 is 0 Å². The van der Waals surface area contributed by atoms with Crippen LogP contribution in [0.4, 0.5) is 0 Å². The highest BCUT2D eigenvalue weighted by atomic mass is 16.5. The lowest BCUT2D eigenvalue weighted by Gasteiger charge is -2.44. The Balaban J connectivity index is 2.23. The third-order valence-electron chi connectivity index (χ3n) is 2.77. The van der Waals surface area contributed by atoms with E-state index in [0.29, 0.717) is 5.78 Å². The Kier molecular flexibility index (Phi) is 1.03. The fraction of sp³-hybridized carbons (Fsp3) is 0.875. The molecule has 2 aliphatic rings. The van der Waals surface area contributed by atoms with Crippen LogP contribution in [0.1, 0.15) is 20.3 Å². The van der Waals surface area contributed by atoms with Crippen molar-refractivity contribution in [3.63, 3.8) is 0 Å². The molecule has 0 spiro atoms. The van der Waals surface area contributed by atoms with Crippen molar-refractivity contribution in [1.29, 1.82) is 0 Å². The smallest absolute Gasteiger partial charge is 0.146 e. The van der Waals surface area contributed by atoms with Crippen LogP contribution in [0.25, 0.3) is 0 Å². The maximum Gasteiger partial charge on any atom is 0.146 e. The molecule has 1 saturated carbocycles. The molecule has 0 aromatic rings. The molecule has 0 aromatic carbocycles. The lowest BCUT2D eigenvalue weighted by atomic mass is 9.60. The molecule has 0 amide bonds. The van der Waals surface area contributed by atoms with Crippen LogP contribution in [0.3, 0.4) is 0 Å². The van der Waals surface area contributed by atoms with Gasteiger partial charge >= 0.3 is 0 Å². The first-order valence-electron chi connectivity index (χ1n) is 3.80. The molecule has 1 heterocycles. The molecule has 1 aliphatic heterocycles. The standard InChI is InChI=1S/C8H12O2/c1-8(2)6(9)5-3-4-10-7(5)8/h5,7H,3-4H2,1-2H3. The third kappa shape index (κ3) is 0.511. The molecule has 2 heteroatoms. The van der Waals surface area contributed by atoms with E-state index < -0.39 is 0 Å². The summed E-state index contributed by atoms with van der Waals surface area (Å²) in [6.45, 7) is 4.73. The van der Waals surface area contributed by atoms with E-state index in [1.54, 1.807) is 0 Å². The maximum atomic E-state index is 11.3. The van der Waals surface area contributed by atoms with Gasteiger partial charge in [-0.15, -0.1) is 0 Å². The lowest BCUT2D eigenvalue weighted by Crippen LogP contribution is -2.56. The molecule has 1 saturated heterocycles. The first-order chi connectivity index (χ1) is 4.64. The van der Waals surface area contributed by atoms with Crippen LogP contribution in [0, 0.1) is 11.3 Å². The number of hydrogen-bond acceptors (Lipinski definition) is 2. The van der Waals surface area contributed by atoms with Crippen LogP contribution in [-0.4, -0.2) is 18.5 Å². The van der Waals surface area contributed by atoms with Crippen LogP contribution < -0.4 is 0 Å². The molecule has 1 aliphatic carbocycles. The van der Waals surface area contributed by atoms with E-state index >= 15 is 0 Å². The normalized spacial score (nSPS) is 42.8. The lowest BCUT2D eigenvalue weighted by molar-refractivity contribution is -0.159. The average Bonchev–Trinajstić information content (AvgIpc) is 2.31. The second-order valence-corrected chi connectivity index (χ2v) is 3.77. The van der Waals surface area contributed by atoms with Crippen molar-refractivity contribution in [2.75, 3.05) is 6.61 Å². The average molecular weight is 140 g/mol. The van der Waals surface area contributed by atoms with Gasteiger partial charge in [0.15, 0.2) is 0 Å². The molecule has 0 bridgehead atoms. The monoisotopic (exact) mass is 140 g/mol. The Morgan fingerprint density at radius 2 is 2.30 bits per heavy atom. The number of carbonyl (C=O) groups is 1. The van der Waals surface area contributed by atoms with Crippen LogP contribution in [0.2, 0.25) is 0 Å². The van der Waals surface area contributed by atoms with E-state index in [1.165, 1.54) is 0 Å². The van der Waals surface area contributed by atoms with Gasteiger partial charge < -0.3 is 4.74 Å². The van der Waals surface area contributed by atoms with Crippen molar-refractivity contribution >= 4 is 5.78 Å². The number of hydrogen-bond donors (Lipinski definition) is 0. The van der Waals surface area contributed by atoms with Crippen molar-refractivity contribution in [2.45, 2.75) is 26.4 Å².